The van der Waals surface area contributed by atoms with Crippen LogP contribution in [0.25, 0.3) is 10.2 Å². The van der Waals surface area contributed by atoms with Crippen LogP contribution >= 0.6 is 22.9 Å². The van der Waals surface area contributed by atoms with Gasteiger partial charge in [-0.05, 0) is 12.1 Å². The van der Waals surface area contributed by atoms with E-state index in [-0.39, 0.29) is 10.2 Å². The number of halogens is 4. The largest absolute Gasteiger partial charge is 0.573 e. The highest BCUT2D eigenvalue weighted by molar-refractivity contribution is 7.22. The molecule has 0 fully saturated rings. The zero-order valence-electron chi connectivity index (χ0n) is 7.01. The highest BCUT2D eigenvalue weighted by atomic mass is 35.5. The highest BCUT2D eigenvalue weighted by Gasteiger charge is 2.31. The molecule has 0 saturated heterocycles. The predicted octanol–water partition coefficient (Wildman–Crippen LogP) is 3.85. The molecule has 0 aliphatic rings. The molecule has 80 valence electrons. The average molecular weight is 254 g/mol. The third-order valence-corrected chi connectivity index (χ3v) is 2.69. The lowest BCUT2D eigenvalue weighted by atomic mass is 10.3. The molecule has 0 radical (unpaired) electrons. The van der Waals surface area contributed by atoms with Crippen molar-refractivity contribution in [2.75, 3.05) is 0 Å². The van der Waals surface area contributed by atoms with Crippen LogP contribution in [-0.2, 0) is 0 Å². The molecule has 0 spiro atoms. The summed E-state index contributed by atoms with van der Waals surface area (Å²) in [5, 5.41) is 0. The predicted molar refractivity (Wildman–Crippen MR) is 51.3 cm³/mol. The van der Waals surface area contributed by atoms with Gasteiger partial charge in [0.2, 0.25) is 0 Å². The molecular weight excluding hydrogens is 251 g/mol. The summed E-state index contributed by atoms with van der Waals surface area (Å²) in [5.74, 6) is -0.268. The van der Waals surface area contributed by atoms with Gasteiger partial charge < -0.3 is 4.74 Å². The van der Waals surface area contributed by atoms with E-state index in [0.29, 0.717) is 10.2 Å². The van der Waals surface area contributed by atoms with Crippen molar-refractivity contribution in [3.8, 4) is 5.75 Å². The summed E-state index contributed by atoms with van der Waals surface area (Å²) >= 11 is 6.71. The molecule has 2 rings (SSSR count). The van der Waals surface area contributed by atoms with Gasteiger partial charge in [0.15, 0.2) is 4.47 Å². The SMILES string of the molecule is FC(F)(F)Oc1ccc2nc(Cl)sc2c1. The Morgan fingerprint density at radius 2 is 2.07 bits per heavy atom. The minimum absolute atomic E-state index is 0.268. The van der Waals surface area contributed by atoms with Crippen molar-refractivity contribution in [2.24, 2.45) is 0 Å². The number of alkyl halides is 3. The van der Waals surface area contributed by atoms with Crippen LogP contribution < -0.4 is 4.74 Å². The molecule has 2 aromatic rings. The van der Waals surface area contributed by atoms with Crippen LogP contribution in [0.3, 0.4) is 0 Å². The topological polar surface area (TPSA) is 22.1 Å². The molecule has 0 bridgehead atoms. The molecule has 0 N–H and O–H groups in total. The van der Waals surface area contributed by atoms with Gasteiger partial charge in [-0.25, -0.2) is 4.98 Å². The van der Waals surface area contributed by atoms with Crippen molar-refractivity contribution in [1.82, 2.24) is 4.98 Å². The lowest BCUT2D eigenvalue weighted by Gasteiger charge is -2.07. The fourth-order valence-corrected chi connectivity index (χ4v) is 2.13. The fourth-order valence-electron chi connectivity index (χ4n) is 1.07. The lowest BCUT2D eigenvalue weighted by molar-refractivity contribution is -0.274. The highest BCUT2D eigenvalue weighted by Crippen LogP contribution is 2.31. The van der Waals surface area contributed by atoms with Crippen LogP contribution in [0.2, 0.25) is 4.47 Å². The van der Waals surface area contributed by atoms with Gasteiger partial charge >= 0.3 is 6.36 Å². The number of ether oxygens (including phenoxy) is 1. The molecule has 7 heteroatoms. The maximum absolute atomic E-state index is 11.9. The Kier molecular flexibility index (Phi) is 2.47. The summed E-state index contributed by atoms with van der Waals surface area (Å²) < 4.78 is 40.3. The Morgan fingerprint density at radius 3 is 2.73 bits per heavy atom. The first-order valence-corrected chi connectivity index (χ1v) is 4.95. The van der Waals surface area contributed by atoms with E-state index in [2.05, 4.69) is 9.72 Å². The maximum atomic E-state index is 11.9. The molecule has 2 nitrogen and oxygen atoms in total. The number of hydrogen-bond donors (Lipinski definition) is 0. The second kappa shape index (κ2) is 3.53. The van der Waals surface area contributed by atoms with Gasteiger partial charge in [-0.3, -0.25) is 0 Å². The summed E-state index contributed by atoms with van der Waals surface area (Å²) in [6, 6.07) is 3.89. The number of fused-ring (bicyclic) bond motifs is 1. The first-order valence-electron chi connectivity index (χ1n) is 3.76. The van der Waals surface area contributed by atoms with Crippen LogP contribution in [-0.4, -0.2) is 11.3 Å². The van der Waals surface area contributed by atoms with Gasteiger partial charge in [0.05, 0.1) is 10.2 Å². The van der Waals surface area contributed by atoms with Crippen LogP contribution in [0.4, 0.5) is 13.2 Å². The molecule has 1 aromatic carbocycles. The summed E-state index contributed by atoms with van der Waals surface area (Å²) in [5.41, 5.74) is 0.555. The Bertz CT molecular complexity index is 496. The number of nitrogens with zero attached hydrogens (tertiary/aromatic N) is 1. The van der Waals surface area contributed by atoms with Gasteiger partial charge in [-0.2, -0.15) is 0 Å². The second-order valence-electron chi connectivity index (χ2n) is 2.64. The smallest absolute Gasteiger partial charge is 0.406 e. The van der Waals surface area contributed by atoms with E-state index >= 15 is 0 Å². The van der Waals surface area contributed by atoms with Crippen LogP contribution in [0.5, 0.6) is 5.75 Å². The van der Waals surface area contributed by atoms with Crippen molar-refractivity contribution in [2.45, 2.75) is 6.36 Å². The van der Waals surface area contributed by atoms with Gasteiger partial charge in [0.25, 0.3) is 0 Å². The van der Waals surface area contributed by atoms with Crippen molar-refractivity contribution >= 4 is 33.2 Å². The molecule has 0 saturated carbocycles. The van der Waals surface area contributed by atoms with E-state index < -0.39 is 6.36 Å². The summed E-state index contributed by atoms with van der Waals surface area (Å²) in [4.78, 5) is 3.90. The van der Waals surface area contributed by atoms with Crippen molar-refractivity contribution in [3.05, 3.63) is 22.7 Å². The van der Waals surface area contributed by atoms with E-state index in [0.717, 1.165) is 11.3 Å². The molecule has 0 aliphatic heterocycles. The molecule has 1 aromatic heterocycles. The summed E-state index contributed by atoms with van der Waals surface area (Å²) in [6.45, 7) is 0. The van der Waals surface area contributed by atoms with Crippen LogP contribution in [0, 0.1) is 0 Å². The van der Waals surface area contributed by atoms with Gasteiger partial charge in [-0.1, -0.05) is 11.6 Å². The van der Waals surface area contributed by atoms with Crippen LogP contribution in [0.15, 0.2) is 18.2 Å². The third kappa shape index (κ3) is 2.51. The zero-order chi connectivity index (χ0) is 11.1. The van der Waals surface area contributed by atoms with E-state index in [1.807, 2.05) is 0 Å². The first kappa shape index (κ1) is 10.5. The number of rotatable bonds is 1. The summed E-state index contributed by atoms with van der Waals surface area (Å²) in [7, 11) is 0. The Hall–Kier alpha value is -1.01. The molecule has 0 aliphatic carbocycles. The third-order valence-electron chi connectivity index (χ3n) is 1.57. The zero-order valence-corrected chi connectivity index (χ0v) is 8.58. The maximum Gasteiger partial charge on any atom is 0.573 e. The monoisotopic (exact) mass is 253 g/mol. The van der Waals surface area contributed by atoms with Gasteiger partial charge in [0, 0.05) is 6.07 Å². The Labute approximate surface area is 91.3 Å². The van der Waals surface area contributed by atoms with Crippen LogP contribution in [0.1, 0.15) is 0 Å². The number of hydrogen-bond acceptors (Lipinski definition) is 3. The van der Waals surface area contributed by atoms with Crippen molar-refractivity contribution in [1.29, 1.82) is 0 Å². The van der Waals surface area contributed by atoms with E-state index in [9.17, 15) is 13.2 Å². The van der Waals surface area contributed by atoms with Gasteiger partial charge in [-0.15, -0.1) is 24.5 Å². The quantitative estimate of drug-likeness (QED) is 0.770. The molecule has 0 amide bonds. The second-order valence-corrected chi connectivity index (χ2v) is 4.26. The molecule has 0 unspecified atom stereocenters. The minimum atomic E-state index is -4.68. The first-order chi connectivity index (χ1) is 6.94. The number of benzene rings is 1. The Balaban J connectivity index is 2.38. The summed E-state index contributed by atoms with van der Waals surface area (Å²) in [6.07, 6.45) is -4.68. The molecule has 1 heterocycles. The minimum Gasteiger partial charge on any atom is -0.406 e. The van der Waals surface area contributed by atoms with E-state index in [4.69, 9.17) is 11.6 Å². The number of thiazole rings is 1. The van der Waals surface area contributed by atoms with Crippen molar-refractivity contribution < 1.29 is 17.9 Å². The molecular formula is C8H3ClF3NOS. The number of aromatic nitrogens is 1. The molecule has 0 atom stereocenters. The van der Waals surface area contributed by atoms with E-state index in [1.54, 1.807) is 0 Å². The molecule has 15 heavy (non-hydrogen) atoms. The standard InChI is InChI=1S/C8H3ClF3NOS/c9-7-13-5-2-1-4(3-6(5)15-7)14-8(10,11)12/h1-3H. The lowest BCUT2D eigenvalue weighted by Crippen LogP contribution is -2.16. The van der Waals surface area contributed by atoms with E-state index in [1.165, 1.54) is 18.2 Å². The Morgan fingerprint density at radius 1 is 1.33 bits per heavy atom. The fraction of sp³-hybridized carbons (Fsp3) is 0.125. The normalized spacial score (nSPS) is 12.0. The van der Waals surface area contributed by atoms with Crippen molar-refractivity contribution in [3.63, 3.8) is 0 Å². The van der Waals surface area contributed by atoms with Gasteiger partial charge in [0.1, 0.15) is 5.75 Å². The average Bonchev–Trinajstić information content (AvgIpc) is 2.40.